The van der Waals surface area contributed by atoms with Gasteiger partial charge in [-0.25, -0.2) is 24.7 Å². The van der Waals surface area contributed by atoms with E-state index in [0.29, 0.717) is 24.2 Å². The van der Waals surface area contributed by atoms with Gasteiger partial charge in [-0.2, -0.15) is 0 Å². The van der Waals surface area contributed by atoms with Gasteiger partial charge in [0.1, 0.15) is 18.8 Å². The second kappa shape index (κ2) is 11.3. The molecule has 0 aliphatic heterocycles. The van der Waals surface area contributed by atoms with E-state index in [2.05, 4.69) is 35.9 Å². The number of amides is 2. The minimum Gasteiger partial charge on any atom is -0.476 e. The Hall–Kier alpha value is -3.83. The zero-order valence-corrected chi connectivity index (χ0v) is 19.8. The van der Waals surface area contributed by atoms with Crippen LogP contribution in [0, 0.1) is 0 Å². The largest absolute Gasteiger partial charge is 0.476 e. The van der Waals surface area contributed by atoms with Gasteiger partial charge in [0.25, 0.3) is 0 Å². The average molecular weight is 479 g/mol. The van der Waals surface area contributed by atoms with Crippen LogP contribution in [0.15, 0.2) is 55.1 Å². The quantitative estimate of drug-likeness (QED) is 0.316. The molecule has 0 saturated heterocycles. The number of nitrogens with one attached hydrogen (secondary N) is 3. The van der Waals surface area contributed by atoms with Crippen molar-refractivity contribution in [3.8, 4) is 5.88 Å². The van der Waals surface area contributed by atoms with E-state index in [-0.39, 0.29) is 6.03 Å². The molecule has 34 heavy (non-hydrogen) atoms. The maximum atomic E-state index is 12.1. The molecule has 10 nitrogen and oxygen atoms in total. The van der Waals surface area contributed by atoms with E-state index in [1.54, 1.807) is 12.4 Å². The number of ether oxygens (including phenoxy) is 1. The lowest BCUT2D eigenvalue weighted by Gasteiger charge is -2.11. The molecule has 4 aromatic rings. The third kappa shape index (κ3) is 6.59. The predicted molar refractivity (Wildman–Crippen MR) is 135 cm³/mol. The summed E-state index contributed by atoms with van der Waals surface area (Å²) in [6.45, 7) is 1.99. The SMILES string of the molecule is CN(C)CCOc1cc2c(NCCc3cnc(NC(=O)Nc4ccccc4)s3)ncnc2cn1. The minimum absolute atomic E-state index is 0.324. The van der Waals surface area contributed by atoms with Gasteiger partial charge in [-0.1, -0.05) is 18.2 Å². The lowest BCUT2D eigenvalue weighted by Crippen LogP contribution is -2.19. The van der Waals surface area contributed by atoms with Gasteiger partial charge in [0.05, 0.1) is 11.7 Å². The van der Waals surface area contributed by atoms with Gasteiger partial charge in [0.2, 0.25) is 5.88 Å². The molecule has 4 rings (SSSR count). The summed E-state index contributed by atoms with van der Waals surface area (Å²) < 4.78 is 5.74. The number of fused-ring (bicyclic) bond motifs is 1. The molecule has 176 valence electrons. The van der Waals surface area contributed by atoms with E-state index < -0.39 is 0 Å². The Bertz CT molecular complexity index is 1230. The van der Waals surface area contributed by atoms with Crippen molar-refractivity contribution in [2.45, 2.75) is 6.42 Å². The third-order valence-corrected chi connectivity index (χ3v) is 5.73. The van der Waals surface area contributed by atoms with Crippen LogP contribution in [0.3, 0.4) is 0 Å². The number of carbonyl (C=O) groups is 1. The van der Waals surface area contributed by atoms with Crippen LogP contribution in [-0.4, -0.2) is 64.7 Å². The summed E-state index contributed by atoms with van der Waals surface area (Å²) in [5.74, 6) is 1.26. The summed E-state index contributed by atoms with van der Waals surface area (Å²) in [7, 11) is 3.99. The molecule has 11 heteroatoms. The highest BCUT2D eigenvalue weighted by molar-refractivity contribution is 7.15. The monoisotopic (exact) mass is 478 g/mol. The second-order valence-corrected chi connectivity index (χ2v) is 8.78. The standard InChI is InChI=1S/C23H26N8O2S/c1-31(2)10-11-33-20-12-18-19(14-25-20)27-15-28-21(18)24-9-8-17-13-26-23(34-17)30-22(32)29-16-6-4-3-5-7-16/h3-7,12-15H,8-11H2,1-2H3,(H,24,27,28)(H2,26,29,30,32). The molecular formula is C23H26N8O2S. The van der Waals surface area contributed by atoms with Crippen molar-refractivity contribution in [2.24, 2.45) is 0 Å². The van der Waals surface area contributed by atoms with Gasteiger partial charge < -0.3 is 20.3 Å². The van der Waals surface area contributed by atoms with Crippen LogP contribution in [0.1, 0.15) is 4.88 Å². The number of anilines is 3. The highest BCUT2D eigenvalue weighted by atomic mass is 32.1. The molecule has 0 unspecified atom stereocenters. The van der Waals surface area contributed by atoms with Crippen LogP contribution in [0.25, 0.3) is 10.9 Å². The Balaban J connectivity index is 1.31. The molecule has 0 atom stereocenters. The first kappa shape index (κ1) is 23.3. The summed E-state index contributed by atoms with van der Waals surface area (Å²) >= 11 is 1.43. The van der Waals surface area contributed by atoms with Gasteiger partial charge >= 0.3 is 6.03 Å². The second-order valence-electron chi connectivity index (χ2n) is 7.67. The van der Waals surface area contributed by atoms with Gasteiger partial charge in [-0.15, -0.1) is 11.3 Å². The van der Waals surface area contributed by atoms with Crippen molar-refractivity contribution in [3.05, 3.63) is 60.0 Å². The number of hydrogen-bond donors (Lipinski definition) is 3. The van der Waals surface area contributed by atoms with Crippen molar-refractivity contribution in [1.82, 2.24) is 24.8 Å². The molecular weight excluding hydrogens is 452 g/mol. The van der Waals surface area contributed by atoms with E-state index >= 15 is 0 Å². The van der Waals surface area contributed by atoms with Crippen molar-refractivity contribution in [1.29, 1.82) is 0 Å². The fraction of sp³-hybridized carbons (Fsp3) is 0.261. The first-order valence-corrected chi connectivity index (χ1v) is 11.6. The van der Waals surface area contributed by atoms with Crippen LogP contribution in [0.2, 0.25) is 0 Å². The van der Waals surface area contributed by atoms with E-state index in [9.17, 15) is 4.79 Å². The number of hydrogen-bond acceptors (Lipinski definition) is 9. The van der Waals surface area contributed by atoms with Crippen LogP contribution in [0.5, 0.6) is 5.88 Å². The molecule has 2 amide bonds. The predicted octanol–water partition coefficient (Wildman–Crippen LogP) is 3.72. The molecule has 0 aliphatic rings. The van der Waals surface area contributed by atoms with E-state index in [4.69, 9.17) is 4.74 Å². The summed E-state index contributed by atoms with van der Waals surface area (Å²) in [5, 5.41) is 10.3. The summed E-state index contributed by atoms with van der Waals surface area (Å²) in [4.78, 5) is 32.5. The number of nitrogens with zero attached hydrogens (tertiary/aromatic N) is 5. The van der Waals surface area contributed by atoms with Gasteiger partial charge in [-0.05, 0) is 26.2 Å². The van der Waals surface area contributed by atoms with Gasteiger partial charge in [-0.3, -0.25) is 5.32 Å². The fourth-order valence-electron chi connectivity index (χ4n) is 3.06. The summed E-state index contributed by atoms with van der Waals surface area (Å²) in [6.07, 6.45) is 5.69. The molecule has 0 saturated carbocycles. The van der Waals surface area contributed by atoms with E-state index in [1.165, 1.54) is 17.7 Å². The van der Waals surface area contributed by atoms with E-state index in [1.807, 2.05) is 55.4 Å². The Morgan fingerprint density at radius 1 is 1.06 bits per heavy atom. The number of pyridine rings is 1. The Morgan fingerprint density at radius 2 is 1.91 bits per heavy atom. The first-order chi connectivity index (χ1) is 16.6. The van der Waals surface area contributed by atoms with Gasteiger partial charge in [0, 0.05) is 47.7 Å². The normalized spacial score (nSPS) is 10.9. The average Bonchev–Trinajstić information content (AvgIpc) is 3.26. The molecule has 0 aliphatic carbocycles. The molecule has 0 bridgehead atoms. The fourth-order valence-corrected chi connectivity index (χ4v) is 3.87. The Kier molecular flexibility index (Phi) is 7.79. The minimum atomic E-state index is -0.324. The van der Waals surface area contributed by atoms with Crippen LogP contribution in [0.4, 0.5) is 21.4 Å². The molecule has 0 spiro atoms. The van der Waals surface area contributed by atoms with Crippen LogP contribution in [-0.2, 0) is 6.42 Å². The number of carbonyl (C=O) groups excluding carboxylic acids is 1. The maximum absolute atomic E-state index is 12.1. The smallest absolute Gasteiger partial charge is 0.325 e. The molecule has 0 fully saturated rings. The number of thiazole rings is 1. The van der Waals surface area contributed by atoms with Gasteiger partial charge in [0.15, 0.2) is 5.13 Å². The molecule has 3 aromatic heterocycles. The highest BCUT2D eigenvalue weighted by Gasteiger charge is 2.09. The Morgan fingerprint density at radius 3 is 2.74 bits per heavy atom. The number of aromatic nitrogens is 4. The zero-order valence-electron chi connectivity index (χ0n) is 19.0. The molecule has 0 radical (unpaired) electrons. The van der Waals surface area contributed by atoms with Crippen molar-refractivity contribution >= 4 is 44.9 Å². The Labute approximate surface area is 201 Å². The summed E-state index contributed by atoms with van der Waals surface area (Å²) in [5.41, 5.74) is 1.46. The molecule has 3 N–H and O–H groups in total. The van der Waals surface area contributed by atoms with Crippen LogP contribution >= 0.6 is 11.3 Å². The third-order valence-electron chi connectivity index (χ3n) is 4.75. The maximum Gasteiger partial charge on any atom is 0.325 e. The molecule has 1 aromatic carbocycles. The van der Waals surface area contributed by atoms with Crippen LogP contribution < -0.4 is 20.7 Å². The number of likely N-dealkylation sites (N-methyl/N-ethyl adjacent to an activating group) is 1. The zero-order chi connectivity index (χ0) is 23.8. The lowest BCUT2D eigenvalue weighted by atomic mass is 10.2. The number of benzene rings is 1. The lowest BCUT2D eigenvalue weighted by molar-refractivity contribution is 0.254. The van der Waals surface area contributed by atoms with Crippen molar-refractivity contribution in [3.63, 3.8) is 0 Å². The topological polar surface area (TPSA) is 117 Å². The number of rotatable bonds is 10. The summed E-state index contributed by atoms with van der Waals surface area (Å²) in [6, 6.07) is 10.8. The van der Waals surface area contributed by atoms with E-state index in [0.717, 1.165) is 40.3 Å². The van der Waals surface area contributed by atoms with Crippen molar-refractivity contribution < 1.29 is 9.53 Å². The first-order valence-electron chi connectivity index (χ1n) is 10.8. The van der Waals surface area contributed by atoms with Crippen molar-refractivity contribution in [2.75, 3.05) is 49.7 Å². The number of para-hydroxylation sites is 1. The number of urea groups is 1. The molecule has 3 heterocycles. The highest BCUT2D eigenvalue weighted by Crippen LogP contribution is 2.23.